The van der Waals surface area contributed by atoms with Crippen LogP contribution in [0.5, 0.6) is 0 Å². The Hall–Kier alpha value is -1.93. The van der Waals surface area contributed by atoms with Crippen LogP contribution in [-0.2, 0) is 0 Å². The summed E-state index contributed by atoms with van der Waals surface area (Å²) in [7, 11) is 0. The van der Waals surface area contributed by atoms with Gasteiger partial charge in [0.15, 0.2) is 0 Å². The maximum Gasteiger partial charge on any atom is 0.0717 e. The first-order valence-corrected chi connectivity index (χ1v) is 5.67. The normalized spacial score (nSPS) is 10.6. The molecule has 0 aliphatic carbocycles. The third-order valence-corrected chi connectivity index (χ3v) is 3.03. The maximum absolute atomic E-state index is 6.16. The molecular weight excluding hydrogens is 232 g/mol. The minimum absolute atomic E-state index is 0.728. The molecule has 2 nitrogen and oxygen atoms in total. The molecule has 0 radical (unpaired) electrons. The third-order valence-electron chi connectivity index (χ3n) is 2.70. The monoisotopic (exact) mass is 240 g/mol. The summed E-state index contributed by atoms with van der Waals surface area (Å²) in [5.74, 6) is 0. The number of aromatic nitrogens is 2. The zero-order valence-corrected chi connectivity index (χ0v) is 9.72. The number of benzene rings is 1. The van der Waals surface area contributed by atoms with Crippen molar-refractivity contribution in [2.45, 2.75) is 0 Å². The van der Waals surface area contributed by atoms with Crippen molar-refractivity contribution in [3.05, 3.63) is 60.0 Å². The van der Waals surface area contributed by atoms with E-state index in [-0.39, 0.29) is 0 Å². The van der Waals surface area contributed by atoms with Crippen molar-refractivity contribution >= 4 is 22.5 Å². The number of rotatable bonds is 1. The Kier molecular flexibility index (Phi) is 2.50. The molecule has 0 bridgehead atoms. The summed E-state index contributed by atoms with van der Waals surface area (Å²) >= 11 is 6.16. The summed E-state index contributed by atoms with van der Waals surface area (Å²) < 4.78 is 0. The summed E-state index contributed by atoms with van der Waals surface area (Å²) in [6, 6.07) is 11.8. The molecule has 0 saturated carbocycles. The quantitative estimate of drug-likeness (QED) is 0.644. The number of fused-ring (bicyclic) bond motifs is 1. The molecule has 0 spiro atoms. The van der Waals surface area contributed by atoms with Crippen LogP contribution in [0.2, 0.25) is 5.02 Å². The van der Waals surface area contributed by atoms with Gasteiger partial charge >= 0.3 is 0 Å². The van der Waals surface area contributed by atoms with Gasteiger partial charge in [0.2, 0.25) is 0 Å². The van der Waals surface area contributed by atoms with Crippen molar-refractivity contribution in [3.63, 3.8) is 0 Å². The van der Waals surface area contributed by atoms with Crippen molar-refractivity contribution in [1.29, 1.82) is 0 Å². The van der Waals surface area contributed by atoms with Crippen LogP contribution in [0.1, 0.15) is 0 Å². The minimum Gasteiger partial charge on any atom is -0.265 e. The Labute approximate surface area is 104 Å². The lowest BCUT2D eigenvalue weighted by atomic mass is 10.0. The Morgan fingerprint density at radius 3 is 2.47 bits per heavy atom. The number of pyridine rings is 2. The van der Waals surface area contributed by atoms with E-state index < -0.39 is 0 Å². The fourth-order valence-corrected chi connectivity index (χ4v) is 2.04. The van der Waals surface area contributed by atoms with E-state index in [9.17, 15) is 0 Å². The van der Waals surface area contributed by atoms with Gasteiger partial charge < -0.3 is 0 Å². The van der Waals surface area contributed by atoms with Crippen LogP contribution in [0.25, 0.3) is 22.0 Å². The molecule has 82 valence electrons. The zero-order chi connectivity index (χ0) is 11.7. The lowest BCUT2D eigenvalue weighted by molar-refractivity contribution is 1.33. The van der Waals surface area contributed by atoms with E-state index in [1.165, 1.54) is 0 Å². The van der Waals surface area contributed by atoms with Crippen LogP contribution in [0.15, 0.2) is 55.0 Å². The van der Waals surface area contributed by atoms with Crippen molar-refractivity contribution < 1.29 is 0 Å². The van der Waals surface area contributed by atoms with Gasteiger partial charge in [-0.3, -0.25) is 9.97 Å². The van der Waals surface area contributed by atoms with E-state index in [4.69, 9.17) is 11.6 Å². The Bertz CT molecular complexity index is 665. The summed E-state index contributed by atoms with van der Waals surface area (Å²) in [5.41, 5.74) is 3.16. The average molecular weight is 241 g/mol. The molecule has 2 heterocycles. The number of hydrogen-bond acceptors (Lipinski definition) is 2. The van der Waals surface area contributed by atoms with Gasteiger partial charge in [0.25, 0.3) is 0 Å². The number of nitrogens with zero attached hydrogens (tertiary/aromatic N) is 2. The summed E-state index contributed by atoms with van der Waals surface area (Å²) in [6.07, 6.45) is 5.28. The van der Waals surface area contributed by atoms with Gasteiger partial charge in [0.05, 0.1) is 10.5 Å². The van der Waals surface area contributed by atoms with Crippen LogP contribution < -0.4 is 0 Å². The second-order valence-corrected chi connectivity index (χ2v) is 4.17. The molecule has 0 atom stereocenters. The van der Waals surface area contributed by atoms with E-state index in [1.807, 2.05) is 24.3 Å². The molecule has 0 fully saturated rings. The second kappa shape index (κ2) is 4.15. The molecule has 1 aromatic carbocycles. The van der Waals surface area contributed by atoms with Gasteiger partial charge in [-0.05, 0) is 41.5 Å². The molecular formula is C14H9ClN2. The van der Waals surface area contributed by atoms with Gasteiger partial charge in [-0.1, -0.05) is 17.7 Å². The van der Waals surface area contributed by atoms with E-state index in [0.717, 1.165) is 27.1 Å². The molecule has 0 amide bonds. The predicted molar refractivity (Wildman–Crippen MR) is 70.0 cm³/mol. The fraction of sp³-hybridized carbons (Fsp3) is 0. The van der Waals surface area contributed by atoms with E-state index in [1.54, 1.807) is 24.7 Å². The van der Waals surface area contributed by atoms with Gasteiger partial charge in [-0.2, -0.15) is 0 Å². The van der Waals surface area contributed by atoms with Crippen LogP contribution in [-0.4, -0.2) is 9.97 Å². The van der Waals surface area contributed by atoms with E-state index in [0.29, 0.717) is 0 Å². The van der Waals surface area contributed by atoms with Crippen LogP contribution in [0.3, 0.4) is 0 Å². The predicted octanol–water partition coefficient (Wildman–Crippen LogP) is 3.95. The van der Waals surface area contributed by atoms with Crippen LogP contribution in [0, 0.1) is 0 Å². The second-order valence-electron chi connectivity index (χ2n) is 3.76. The van der Waals surface area contributed by atoms with Gasteiger partial charge in [-0.15, -0.1) is 0 Å². The lowest BCUT2D eigenvalue weighted by Crippen LogP contribution is -1.82. The molecule has 2 aromatic heterocycles. The maximum atomic E-state index is 6.16. The smallest absolute Gasteiger partial charge is 0.0717 e. The first kappa shape index (κ1) is 10.2. The molecule has 0 aliphatic heterocycles. The first-order valence-electron chi connectivity index (χ1n) is 5.29. The molecule has 0 unspecified atom stereocenters. The molecule has 3 aromatic rings. The first-order chi connectivity index (χ1) is 8.34. The molecule has 3 heteroatoms. The summed E-state index contributed by atoms with van der Waals surface area (Å²) in [5, 5.41) is 1.70. The third kappa shape index (κ3) is 1.87. The SMILES string of the molecule is Clc1ccnc2ccc(-c3ccncc3)cc12. The molecule has 3 rings (SSSR count). The van der Waals surface area contributed by atoms with Crippen LogP contribution >= 0.6 is 11.6 Å². The molecule has 0 N–H and O–H groups in total. The standard InChI is InChI=1S/C14H9ClN2/c15-13-5-8-17-14-2-1-11(9-12(13)14)10-3-6-16-7-4-10/h1-9H. The van der Waals surface area contributed by atoms with E-state index >= 15 is 0 Å². The van der Waals surface area contributed by atoms with Crippen molar-refractivity contribution in [1.82, 2.24) is 9.97 Å². The summed E-state index contributed by atoms with van der Waals surface area (Å²) in [6.45, 7) is 0. The topological polar surface area (TPSA) is 25.8 Å². The van der Waals surface area contributed by atoms with Gasteiger partial charge in [-0.25, -0.2) is 0 Å². The molecule has 0 saturated heterocycles. The number of halogens is 1. The summed E-state index contributed by atoms with van der Waals surface area (Å²) in [4.78, 5) is 8.29. The average Bonchev–Trinajstić information content (AvgIpc) is 2.40. The van der Waals surface area contributed by atoms with Gasteiger partial charge in [0, 0.05) is 24.0 Å². The van der Waals surface area contributed by atoms with Gasteiger partial charge in [0.1, 0.15) is 0 Å². The van der Waals surface area contributed by atoms with Crippen molar-refractivity contribution in [2.75, 3.05) is 0 Å². The highest BCUT2D eigenvalue weighted by Crippen LogP contribution is 2.27. The largest absolute Gasteiger partial charge is 0.265 e. The minimum atomic E-state index is 0.728. The Morgan fingerprint density at radius 2 is 1.65 bits per heavy atom. The highest BCUT2D eigenvalue weighted by Gasteiger charge is 2.02. The highest BCUT2D eigenvalue weighted by atomic mass is 35.5. The van der Waals surface area contributed by atoms with E-state index in [2.05, 4.69) is 16.0 Å². The lowest BCUT2D eigenvalue weighted by Gasteiger charge is -2.04. The number of hydrogen-bond donors (Lipinski definition) is 0. The van der Waals surface area contributed by atoms with Crippen molar-refractivity contribution in [3.8, 4) is 11.1 Å². The highest BCUT2D eigenvalue weighted by molar-refractivity contribution is 6.35. The molecule has 0 aliphatic rings. The zero-order valence-electron chi connectivity index (χ0n) is 8.97. The fourth-order valence-electron chi connectivity index (χ4n) is 1.84. The molecule has 17 heavy (non-hydrogen) atoms. The van der Waals surface area contributed by atoms with Crippen molar-refractivity contribution in [2.24, 2.45) is 0 Å². The van der Waals surface area contributed by atoms with Crippen LogP contribution in [0.4, 0.5) is 0 Å². The Morgan fingerprint density at radius 1 is 0.824 bits per heavy atom. The Balaban J connectivity index is 2.23.